The monoisotopic (exact) mass is 406 g/mol. The lowest BCUT2D eigenvalue weighted by Gasteiger charge is -2.17. The first-order valence-electron chi connectivity index (χ1n) is 8.27. The van der Waals surface area contributed by atoms with Crippen molar-refractivity contribution in [2.75, 3.05) is 33.1 Å². The minimum Gasteiger partial charge on any atom is -0.497 e. The SMILES string of the molecule is COc1cc(NC(=O)CN(C)S(=O)(=O)c2ccc(C(C)=O)cc2)cc(OC)c1. The van der Waals surface area contributed by atoms with Gasteiger partial charge in [0.25, 0.3) is 0 Å². The molecule has 0 aromatic heterocycles. The molecule has 0 aliphatic rings. The number of anilines is 1. The van der Waals surface area contributed by atoms with Crippen LogP contribution in [0.25, 0.3) is 0 Å². The van der Waals surface area contributed by atoms with Crippen molar-refractivity contribution in [3.63, 3.8) is 0 Å². The average Bonchev–Trinajstić information content (AvgIpc) is 2.67. The lowest BCUT2D eigenvalue weighted by Crippen LogP contribution is -2.35. The standard InChI is InChI=1S/C19H22N2O6S/c1-13(22)14-5-7-18(8-6-14)28(24,25)21(2)12-19(23)20-15-9-16(26-3)11-17(10-15)27-4/h5-11H,12H2,1-4H3,(H,20,23). The van der Waals surface area contributed by atoms with Crippen LogP contribution in [0.15, 0.2) is 47.4 Å². The van der Waals surface area contributed by atoms with Crippen molar-refractivity contribution < 1.29 is 27.5 Å². The van der Waals surface area contributed by atoms with Crippen molar-refractivity contribution in [3.05, 3.63) is 48.0 Å². The van der Waals surface area contributed by atoms with Crippen LogP contribution in [0.2, 0.25) is 0 Å². The summed E-state index contributed by atoms with van der Waals surface area (Å²) in [5, 5.41) is 2.62. The molecule has 8 nitrogen and oxygen atoms in total. The maximum Gasteiger partial charge on any atom is 0.243 e. The zero-order chi connectivity index (χ0) is 20.9. The van der Waals surface area contributed by atoms with Gasteiger partial charge in [-0.2, -0.15) is 4.31 Å². The number of benzene rings is 2. The molecule has 0 unspecified atom stereocenters. The number of hydrogen-bond donors (Lipinski definition) is 1. The number of methoxy groups -OCH3 is 2. The van der Waals surface area contributed by atoms with Gasteiger partial charge in [0, 0.05) is 36.5 Å². The zero-order valence-electron chi connectivity index (χ0n) is 16.1. The highest BCUT2D eigenvalue weighted by atomic mass is 32.2. The number of nitrogens with one attached hydrogen (secondary N) is 1. The van der Waals surface area contributed by atoms with Gasteiger partial charge in [-0.3, -0.25) is 9.59 Å². The zero-order valence-corrected chi connectivity index (χ0v) is 16.9. The van der Waals surface area contributed by atoms with Crippen molar-refractivity contribution in [1.29, 1.82) is 0 Å². The third-order valence-corrected chi connectivity index (χ3v) is 5.79. The van der Waals surface area contributed by atoms with E-state index >= 15 is 0 Å². The Kier molecular flexibility index (Phi) is 6.76. The molecule has 9 heteroatoms. The van der Waals surface area contributed by atoms with Crippen LogP contribution in [0, 0.1) is 0 Å². The summed E-state index contributed by atoms with van der Waals surface area (Å²) in [4.78, 5) is 23.6. The topological polar surface area (TPSA) is 102 Å². The molecule has 0 aliphatic heterocycles. The molecule has 0 radical (unpaired) electrons. The number of carbonyl (C=O) groups excluding carboxylic acids is 2. The number of likely N-dealkylation sites (N-methyl/N-ethyl adjacent to an activating group) is 1. The smallest absolute Gasteiger partial charge is 0.243 e. The normalized spacial score (nSPS) is 11.2. The highest BCUT2D eigenvalue weighted by Crippen LogP contribution is 2.25. The van der Waals surface area contributed by atoms with Crippen molar-refractivity contribution >= 4 is 27.4 Å². The summed E-state index contributed by atoms with van der Waals surface area (Å²) in [6.07, 6.45) is 0. The van der Waals surface area contributed by atoms with Crippen LogP contribution in [0.4, 0.5) is 5.69 Å². The number of carbonyl (C=O) groups is 2. The number of nitrogens with zero attached hydrogens (tertiary/aromatic N) is 1. The van der Waals surface area contributed by atoms with E-state index in [9.17, 15) is 18.0 Å². The molecule has 2 aromatic carbocycles. The van der Waals surface area contributed by atoms with E-state index in [1.54, 1.807) is 18.2 Å². The lowest BCUT2D eigenvalue weighted by atomic mass is 10.2. The lowest BCUT2D eigenvalue weighted by molar-refractivity contribution is -0.116. The Morgan fingerprint density at radius 1 is 1.00 bits per heavy atom. The summed E-state index contributed by atoms with van der Waals surface area (Å²) in [7, 11) is 0.391. The van der Waals surface area contributed by atoms with E-state index in [2.05, 4.69) is 5.32 Å². The van der Waals surface area contributed by atoms with Gasteiger partial charge >= 0.3 is 0 Å². The Balaban J connectivity index is 2.11. The third kappa shape index (κ3) is 5.08. The number of Topliss-reactive ketones (excluding diaryl/α,β-unsaturated/α-hetero) is 1. The minimum absolute atomic E-state index is 0.00384. The van der Waals surface area contributed by atoms with Gasteiger partial charge in [0.1, 0.15) is 11.5 Å². The van der Waals surface area contributed by atoms with Gasteiger partial charge in [-0.1, -0.05) is 12.1 Å². The Hall–Kier alpha value is -2.91. The summed E-state index contributed by atoms with van der Waals surface area (Å²) >= 11 is 0. The Bertz CT molecular complexity index is 948. The Morgan fingerprint density at radius 3 is 2.00 bits per heavy atom. The molecule has 0 heterocycles. The molecule has 1 N–H and O–H groups in total. The average molecular weight is 406 g/mol. The molecular weight excluding hydrogens is 384 g/mol. The maximum atomic E-state index is 12.6. The number of amides is 1. The van der Waals surface area contributed by atoms with Crippen LogP contribution in [0.1, 0.15) is 17.3 Å². The second-order valence-corrected chi connectivity index (χ2v) is 8.04. The predicted octanol–water partition coefficient (Wildman–Crippen LogP) is 2.17. The third-order valence-electron chi connectivity index (χ3n) is 3.97. The van der Waals surface area contributed by atoms with Crippen LogP contribution in [-0.2, 0) is 14.8 Å². The Labute approximate surface area is 164 Å². The van der Waals surface area contributed by atoms with Gasteiger partial charge in [-0.15, -0.1) is 0 Å². The number of sulfonamides is 1. The molecule has 2 aromatic rings. The van der Waals surface area contributed by atoms with Gasteiger partial charge in [0.2, 0.25) is 15.9 Å². The van der Waals surface area contributed by atoms with Crippen molar-refractivity contribution in [3.8, 4) is 11.5 Å². The van der Waals surface area contributed by atoms with Gasteiger partial charge < -0.3 is 14.8 Å². The molecule has 0 saturated carbocycles. The van der Waals surface area contributed by atoms with Crippen LogP contribution < -0.4 is 14.8 Å². The highest BCUT2D eigenvalue weighted by Gasteiger charge is 2.23. The first-order valence-corrected chi connectivity index (χ1v) is 9.71. The quantitative estimate of drug-likeness (QED) is 0.674. The summed E-state index contributed by atoms with van der Waals surface area (Å²) in [5.74, 6) is 0.287. The first-order chi connectivity index (χ1) is 13.2. The summed E-state index contributed by atoms with van der Waals surface area (Å²) in [6.45, 7) is 1.00. The number of ketones is 1. The van der Waals surface area contributed by atoms with E-state index in [-0.39, 0.29) is 10.7 Å². The van der Waals surface area contributed by atoms with Crippen molar-refractivity contribution in [2.24, 2.45) is 0 Å². The van der Waals surface area contributed by atoms with Crippen LogP contribution in [-0.4, -0.2) is 52.2 Å². The molecule has 0 fully saturated rings. The largest absolute Gasteiger partial charge is 0.497 e. The predicted molar refractivity (Wildman–Crippen MR) is 104 cm³/mol. The molecule has 0 bridgehead atoms. The van der Waals surface area contributed by atoms with Crippen LogP contribution in [0.3, 0.4) is 0 Å². The Morgan fingerprint density at radius 2 is 1.54 bits per heavy atom. The number of rotatable bonds is 8. The summed E-state index contributed by atoms with van der Waals surface area (Å²) in [5.41, 5.74) is 0.823. The fourth-order valence-corrected chi connectivity index (χ4v) is 3.54. The van der Waals surface area contributed by atoms with Gasteiger partial charge in [-0.05, 0) is 19.1 Å². The van der Waals surface area contributed by atoms with Crippen LogP contribution >= 0.6 is 0 Å². The van der Waals surface area contributed by atoms with Gasteiger partial charge in [-0.25, -0.2) is 8.42 Å². The van der Waals surface area contributed by atoms with E-state index in [4.69, 9.17) is 9.47 Å². The molecule has 1 amide bonds. The van der Waals surface area contributed by atoms with Gasteiger partial charge in [0.15, 0.2) is 5.78 Å². The molecule has 0 spiro atoms. The first kappa shape index (κ1) is 21.4. The summed E-state index contributed by atoms with van der Waals surface area (Å²) in [6, 6.07) is 10.4. The van der Waals surface area contributed by atoms with Crippen molar-refractivity contribution in [2.45, 2.75) is 11.8 Å². The summed E-state index contributed by atoms with van der Waals surface area (Å²) < 4.78 is 36.5. The maximum absolute atomic E-state index is 12.6. The van der Waals surface area contributed by atoms with E-state index < -0.39 is 22.5 Å². The molecule has 0 aliphatic carbocycles. The number of ether oxygens (including phenoxy) is 2. The molecular formula is C19H22N2O6S. The fraction of sp³-hybridized carbons (Fsp3) is 0.263. The highest BCUT2D eigenvalue weighted by molar-refractivity contribution is 7.89. The van der Waals surface area contributed by atoms with Crippen molar-refractivity contribution in [1.82, 2.24) is 4.31 Å². The molecule has 150 valence electrons. The molecule has 0 saturated heterocycles. The fourth-order valence-electron chi connectivity index (χ4n) is 2.41. The molecule has 2 rings (SSSR count). The second-order valence-electron chi connectivity index (χ2n) is 5.99. The molecule has 0 atom stereocenters. The van der Waals surface area contributed by atoms with E-state index in [0.717, 1.165) is 4.31 Å². The van der Waals surface area contributed by atoms with E-state index in [0.29, 0.717) is 22.7 Å². The molecule has 28 heavy (non-hydrogen) atoms. The second kappa shape index (κ2) is 8.85. The van der Waals surface area contributed by atoms with E-state index in [1.165, 1.54) is 52.5 Å². The van der Waals surface area contributed by atoms with Gasteiger partial charge in [0.05, 0.1) is 25.7 Å². The van der Waals surface area contributed by atoms with Crippen LogP contribution in [0.5, 0.6) is 11.5 Å². The van der Waals surface area contributed by atoms with E-state index in [1.807, 2.05) is 0 Å². The number of hydrogen-bond acceptors (Lipinski definition) is 6. The minimum atomic E-state index is -3.88.